The Balaban J connectivity index is 1.65. The van der Waals surface area contributed by atoms with E-state index in [0.717, 1.165) is 16.8 Å². The number of fused-ring (bicyclic) bond motifs is 1. The highest BCUT2D eigenvalue weighted by Gasteiger charge is 2.40. The highest BCUT2D eigenvalue weighted by Crippen LogP contribution is 2.46. The van der Waals surface area contributed by atoms with Crippen LogP contribution in [0, 0.1) is 0 Å². The Labute approximate surface area is 173 Å². The number of Topliss-reactive ketones (excluding diaryl/α,β-unsaturated/α-hetero) is 1. The number of anilines is 1. The van der Waals surface area contributed by atoms with Crippen LogP contribution >= 0.6 is 0 Å². The summed E-state index contributed by atoms with van der Waals surface area (Å²) in [7, 11) is 3.22. The maximum Gasteiger partial charge on any atom is 0.248 e. The van der Waals surface area contributed by atoms with E-state index in [-0.39, 0.29) is 11.7 Å². The molecule has 0 radical (unpaired) electrons. The molecule has 1 N–H and O–H groups in total. The lowest BCUT2D eigenvalue weighted by Gasteiger charge is -2.35. The van der Waals surface area contributed by atoms with Gasteiger partial charge in [0.25, 0.3) is 0 Å². The highest BCUT2D eigenvalue weighted by atomic mass is 16.5. The second-order valence-corrected chi connectivity index (χ2v) is 7.41. The average molecular weight is 403 g/mol. The molecule has 0 spiro atoms. The third kappa shape index (κ3) is 2.92. The molecule has 2 unspecified atom stereocenters. The molecule has 1 aliphatic carbocycles. The van der Waals surface area contributed by atoms with Crippen LogP contribution in [0.15, 0.2) is 59.8 Å². The zero-order chi connectivity index (χ0) is 20.7. The van der Waals surface area contributed by atoms with Crippen molar-refractivity contribution >= 4 is 11.7 Å². The summed E-state index contributed by atoms with van der Waals surface area (Å²) in [5, 5.41) is 15.4. The van der Waals surface area contributed by atoms with Crippen LogP contribution in [0.25, 0.3) is 0 Å². The number of ether oxygens (including phenoxy) is 2. The maximum absolute atomic E-state index is 13.4. The molecule has 30 heavy (non-hydrogen) atoms. The van der Waals surface area contributed by atoms with Gasteiger partial charge in [-0.15, -0.1) is 0 Å². The largest absolute Gasteiger partial charge is 0.497 e. The third-order valence-electron chi connectivity index (χ3n) is 5.78. The molecule has 0 bridgehead atoms. The molecule has 152 valence electrons. The van der Waals surface area contributed by atoms with Crippen LogP contribution in [0.4, 0.5) is 5.95 Å². The Morgan fingerprint density at radius 3 is 2.67 bits per heavy atom. The van der Waals surface area contributed by atoms with Crippen molar-refractivity contribution in [1.82, 2.24) is 20.2 Å². The van der Waals surface area contributed by atoms with Crippen LogP contribution in [0.1, 0.15) is 35.9 Å². The molecule has 2 atom stereocenters. The molecular formula is C22H21N5O3. The summed E-state index contributed by atoms with van der Waals surface area (Å²) in [6.07, 6.45) is 1.14. The summed E-state index contributed by atoms with van der Waals surface area (Å²) in [5.74, 6) is 2.01. The standard InChI is InChI=1S/C22H21N5O3/c1-29-15-8-9-19(30-2)16(12-15)21-20-17(23-22-24-25-26-27(21)22)10-14(11-18(20)28)13-6-4-3-5-7-13/h3-9,12,14,21H,10-11H2,1-2H3,(H,23,24,26). The Morgan fingerprint density at radius 1 is 1.07 bits per heavy atom. The molecule has 0 saturated heterocycles. The van der Waals surface area contributed by atoms with Crippen LogP contribution in [-0.4, -0.2) is 40.2 Å². The molecule has 0 fully saturated rings. The summed E-state index contributed by atoms with van der Waals surface area (Å²) < 4.78 is 12.7. The first-order chi connectivity index (χ1) is 14.7. The Bertz CT molecular complexity index is 1140. The summed E-state index contributed by atoms with van der Waals surface area (Å²) >= 11 is 0. The number of benzene rings is 2. The maximum atomic E-state index is 13.4. The van der Waals surface area contributed by atoms with Gasteiger partial charge in [-0.1, -0.05) is 35.4 Å². The van der Waals surface area contributed by atoms with Gasteiger partial charge in [-0.05, 0) is 46.5 Å². The van der Waals surface area contributed by atoms with Gasteiger partial charge in [0.1, 0.15) is 17.5 Å². The quantitative estimate of drug-likeness (QED) is 0.716. The lowest BCUT2D eigenvalue weighted by molar-refractivity contribution is -0.116. The predicted molar refractivity (Wildman–Crippen MR) is 110 cm³/mol. The van der Waals surface area contributed by atoms with Gasteiger partial charge in [-0.25, -0.2) is 0 Å². The second-order valence-electron chi connectivity index (χ2n) is 7.41. The summed E-state index contributed by atoms with van der Waals surface area (Å²) in [6, 6.07) is 15.2. The number of aromatic nitrogens is 4. The minimum atomic E-state index is -0.486. The van der Waals surface area contributed by atoms with E-state index in [1.165, 1.54) is 0 Å². The molecule has 1 aliphatic heterocycles. The van der Waals surface area contributed by atoms with Crippen molar-refractivity contribution in [3.05, 3.63) is 70.9 Å². The van der Waals surface area contributed by atoms with E-state index in [0.29, 0.717) is 35.9 Å². The SMILES string of the molecule is COc1ccc(OC)c(C2C3=C(CC(c4ccccc4)CC3=O)Nc3nnnn32)c1. The van der Waals surface area contributed by atoms with Crippen molar-refractivity contribution in [2.24, 2.45) is 0 Å². The highest BCUT2D eigenvalue weighted by molar-refractivity contribution is 6.00. The van der Waals surface area contributed by atoms with Gasteiger partial charge in [0.15, 0.2) is 5.78 Å². The fourth-order valence-electron chi connectivity index (χ4n) is 4.37. The topological polar surface area (TPSA) is 91.2 Å². The molecule has 8 heteroatoms. The Kier molecular flexibility index (Phi) is 4.46. The first kappa shape index (κ1) is 18.4. The lowest BCUT2D eigenvalue weighted by atomic mass is 9.78. The third-order valence-corrected chi connectivity index (χ3v) is 5.78. The number of ketones is 1. The number of methoxy groups -OCH3 is 2. The van der Waals surface area contributed by atoms with E-state index in [1.807, 2.05) is 36.4 Å². The predicted octanol–water partition coefficient (Wildman–Crippen LogP) is 3.11. The van der Waals surface area contributed by atoms with Gasteiger partial charge in [0.05, 0.1) is 14.2 Å². The second kappa shape index (κ2) is 7.29. The Morgan fingerprint density at radius 2 is 1.90 bits per heavy atom. The Hall–Kier alpha value is -3.68. The number of allylic oxidation sites excluding steroid dienone is 2. The first-order valence-electron chi connectivity index (χ1n) is 9.77. The number of carbonyl (C=O) groups is 1. The number of carbonyl (C=O) groups excluding carboxylic acids is 1. The van der Waals surface area contributed by atoms with E-state index >= 15 is 0 Å². The van der Waals surface area contributed by atoms with E-state index in [2.05, 4.69) is 33.0 Å². The van der Waals surface area contributed by atoms with Crippen molar-refractivity contribution in [1.29, 1.82) is 0 Å². The van der Waals surface area contributed by atoms with Crippen molar-refractivity contribution in [3.63, 3.8) is 0 Å². The fourth-order valence-corrected chi connectivity index (χ4v) is 4.37. The van der Waals surface area contributed by atoms with Crippen LogP contribution in [0.5, 0.6) is 11.5 Å². The molecular weight excluding hydrogens is 382 g/mol. The van der Waals surface area contributed by atoms with Crippen LogP contribution < -0.4 is 14.8 Å². The number of hydrogen-bond donors (Lipinski definition) is 1. The van der Waals surface area contributed by atoms with Crippen LogP contribution in [0.3, 0.4) is 0 Å². The van der Waals surface area contributed by atoms with Crippen molar-refractivity contribution < 1.29 is 14.3 Å². The molecule has 5 rings (SSSR count). The number of tetrazole rings is 1. The molecule has 2 aromatic carbocycles. The van der Waals surface area contributed by atoms with Gasteiger partial charge in [-0.2, -0.15) is 4.68 Å². The zero-order valence-corrected chi connectivity index (χ0v) is 16.7. The van der Waals surface area contributed by atoms with Crippen LogP contribution in [-0.2, 0) is 4.79 Å². The molecule has 0 saturated carbocycles. The smallest absolute Gasteiger partial charge is 0.248 e. The van der Waals surface area contributed by atoms with Gasteiger partial charge in [-0.3, -0.25) is 4.79 Å². The minimum Gasteiger partial charge on any atom is -0.497 e. The van der Waals surface area contributed by atoms with Gasteiger partial charge < -0.3 is 14.8 Å². The molecule has 3 aromatic rings. The molecule has 0 amide bonds. The zero-order valence-electron chi connectivity index (χ0n) is 16.7. The lowest BCUT2D eigenvalue weighted by Crippen LogP contribution is -2.33. The summed E-state index contributed by atoms with van der Waals surface area (Å²) in [6.45, 7) is 0. The molecule has 2 aliphatic rings. The van der Waals surface area contributed by atoms with Gasteiger partial charge >= 0.3 is 0 Å². The molecule has 1 aromatic heterocycles. The van der Waals surface area contributed by atoms with Crippen molar-refractivity contribution in [2.45, 2.75) is 24.8 Å². The van der Waals surface area contributed by atoms with Crippen molar-refractivity contribution in [2.75, 3.05) is 19.5 Å². The number of hydrogen-bond acceptors (Lipinski definition) is 7. The van der Waals surface area contributed by atoms with Crippen molar-refractivity contribution in [3.8, 4) is 11.5 Å². The van der Waals surface area contributed by atoms with E-state index < -0.39 is 6.04 Å². The minimum absolute atomic E-state index is 0.0774. The monoisotopic (exact) mass is 403 g/mol. The van der Waals surface area contributed by atoms with Gasteiger partial charge in [0.2, 0.25) is 5.95 Å². The normalized spacial score (nSPS) is 20.3. The molecule has 2 heterocycles. The summed E-state index contributed by atoms with van der Waals surface area (Å²) in [4.78, 5) is 13.4. The van der Waals surface area contributed by atoms with Gasteiger partial charge in [0, 0.05) is 23.3 Å². The number of nitrogens with zero attached hydrogens (tertiary/aromatic N) is 4. The average Bonchev–Trinajstić information content (AvgIpc) is 3.26. The van der Waals surface area contributed by atoms with E-state index in [9.17, 15) is 4.79 Å². The fraction of sp³-hybridized carbons (Fsp3) is 0.273. The number of rotatable bonds is 4. The first-order valence-corrected chi connectivity index (χ1v) is 9.77. The molecule has 8 nitrogen and oxygen atoms in total. The number of nitrogens with one attached hydrogen (secondary N) is 1. The van der Waals surface area contributed by atoms with E-state index in [4.69, 9.17) is 9.47 Å². The van der Waals surface area contributed by atoms with Crippen LogP contribution in [0.2, 0.25) is 0 Å². The van der Waals surface area contributed by atoms with E-state index in [1.54, 1.807) is 18.9 Å². The summed E-state index contributed by atoms with van der Waals surface area (Å²) in [5.41, 5.74) is 3.47.